The molecule has 3 rings (SSSR count). The Balaban J connectivity index is 1.80. The first kappa shape index (κ1) is 19.6. The first-order chi connectivity index (χ1) is 12.8. The maximum absolute atomic E-state index is 12.2. The second-order valence-electron chi connectivity index (χ2n) is 6.40. The van der Waals surface area contributed by atoms with E-state index < -0.39 is 6.09 Å². The molecule has 0 radical (unpaired) electrons. The summed E-state index contributed by atoms with van der Waals surface area (Å²) in [5.74, 6) is 0.643. The van der Waals surface area contributed by atoms with Gasteiger partial charge in [-0.15, -0.1) is 11.3 Å². The van der Waals surface area contributed by atoms with Gasteiger partial charge in [-0.25, -0.2) is 9.78 Å². The Kier molecular flexibility index (Phi) is 5.98. The lowest BCUT2D eigenvalue weighted by Crippen LogP contribution is -2.35. The fourth-order valence-corrected chi connectivity index (χ4v) is 3.76. The zero-order valence-electron chi connectivity index (χ0n) is 15.3. The van der Waals surface area contributed by atoms with Gasteiger partial charge >= 0.3 is 6.09 Å². The number of aromatic nitrogens is 1. The van der Waals surface area contributed by atoms with E-state index in [0.29, 0.717) is 22.9 Å². The zero-order valence-corrected chi connectivity index (χ0v) is 17.7. The van der Waals surface area contributed by atoms with Gasteiger partial charge in [0.1, 0.15) is 16.5 Å². The standard InChI is InChI=1S/C19H20BrN3O3S/c1-22(2)8-9-23(3)19(25)26-13-5-6-15-17(11-13)27-18(21-15)14-10-12(20)4-7-16(14)24/h4-7,10-11,24H,8-9H2,1-3H3. The van der Waals surface area contributed by atoms with Crippen molar-refractivity contribution in [3.8, 4) is 22.1 Å². The molecular formula is C19H20BrN3O3S. The molecule has 3 aromatic rings. The molecule has 2 aromatic carbocycles. The minimum absolute atomic E-state index is 0.173. The second kappa shape index (κ2) is 8.24. The van der Waals surface area contributed by atoms with Crippen molar-refractivity contribution < 1.29 is 14.6 Å². The normalized spacial score (nSPS) is 11.1. The van der Waals surface area contributed by atoms with E-state index in [1.54, 1.807) is 36.2 Å². The topological polar surface area (TPSA) is 65.9 Å². The molecule has 0 atom stereocenters. The quantitative estimate of drug-likeness (QED) is 0.624. The van der Waals surface area contributed by atoms with Crippen molar-refractivity contribution in [1.82, 2.24) is 14.8 Å². The Bertz CT molecular complexity index is 974. The van der Waals surface area contributed by atoms with Crippen molar-refractivity contribution in [1.29, 1.82) is 0 Å². The van der Waals surface area contributed by atoms with Crippen LogP contribution in [-0.2, 0) is 0 Å². The summed E-state index contributed by atoms with van der Waals surface area (Å²) in [6.45, 7) is 1.35. The van der Waals surface area contributed by atoms with E-state index in [1.165, 1.54) is 11.3 Å². The van der Waals surface area contributed by atoms with Crippen molar-refractivity contribution >= 4 is 43.6 Å². The average molecular weight is 450 g/mol. The third-order valence-corrected chi connectivity index (χ3v) is 5.49. The number of benzene rings is 2. The number of thiazole rings is 1. The fraction of sp³-hybridized carbons (Fsp3) is 0.263. The molecule has 0 aliphatic carbocycles. The van der Waals surface area contributed by atoms with E-state index in [4.69, 9.17) is 4.74 Å². The molecular weight excluding hydrogens is 430 g/mol. The monoisotopic (exact) mass is 449 g/mol. The predicted molar refractivity (Wildman–Crippen MR) is 112 cm³/mol. The van der Waals surface area contributed by atoms with Crippen molar-refractivity contribution in [2.24, 2.45) is 0 Å². The number of halogens is 1. The number of hydrogen-bond acceptors (Lipinski definition) is 6. The van der Waals surface area contributed by atoms with E-state index in [0.717, 1.165) is 21.2 Å². The van der Waals surface area contributed by atoms with Gasteiger partial charge in [0.25, 0.3) is 0 Å². The largest absolute Gasteiger partial charge is 0.507 e. The van der Waals surface area contributed by atoms with Crippen LogP contribution in [0.4, 0.5) is 4.79 Å². The molecule has 27 heavy (non-hydrogen) atoms. The molecule has 142 valence electrons. The zero-order chi connectivity index (χ0) is 19.6. The van der Waals surface area contributed by atoms with Gasteiger partial charge in [0.15, 0.2) is 0 Å². The molecule has 0 aliphatic heterocycles. The van der Waals surface area contributed by atoms with Gasteiger partial charge < -0.3 is 19.6 Å². The number of fused-ring (bicyclic) bond motifs is 1. The predicted octanol–water partition coefficient (Wildman–Crippen LogP) is 4.42. The molecule has 0 unspecified atom stereocenters. The molecule has 0 spiro atoms. The Morgan fingerprint density at radius 3 is 2.70 bits per heavy atom. The average Bonchev–Trinajstić information content (AvgIpc) is 3.04. The summed E-state index contributed by atoms with van der Waals surface area (Å²) in [6.07, 6.45) is -0.398. The number of rotatable bonds is 5. The number of phenolic OH excluding ortho intramolecular Hbond substituents is 1. The van der Waals surface area contributed by atoms with Crippen molar-refractivity contribution in [2.75, 3.05) is 34.2 Å². The molecule has 8 heteroatoms. The minimum Gasteiger partial charge on any atom is -0.507 e. The molecule has 0 fully saturated rings. The molecule has 1 heterocycles. The highest BCUT2D eigenvalue weighted by Gasteiger charge is 2.14. The van der Waals surface area contributed by atoms with Crippen LogP contribution in [0, 0.1) is 0 Å². The third kappa shape index (κ3) is 4.77. The number of phenols is 1. The number of amides is 1. The summed E-state index contributed by atoms with van der Waals surface area (Å²) in [6, 6.07) is 10.6. The van der Waals surface area contributed by atoms with Gasteiger partial charge in [0.2, 0.25) is 0 Å². The molecule has 6 nitrogen and oxygen atoms in total. The summed E-state index contributed by atoms with van der Waals surface area (Å²) in [5, 5.41) is 10.8. The highest BCUT2D eigenvalue weighted by Crippen LogP contribution is 2.37. The van der Waals surface area contributed by atoms with Gasteiger partial charge in [0.05, 0.1) is 15.8 Å². The Labute approximate surface area is 170 Å². The van der Waals surface area contributed by atoms with Crippen LogP contribution in [0.25, 0.3) is 20.8 Å². The van der Waals surface area contributed by atoms with Gasteiger partial charge in [0, 0.05) is 30.7 Å². The Hall–Kier alpha value is -2.16. The lowest BCUT2D eigenvalue weighted by molar-refractivity contribution is 0.159. The highest BCUT2D eigenvalue weighted by atomic mass is 79.9. The smallest absolute Gasteiger partial charge is 0.415 e. The molecule has 0 saturated carbocycles. The minimum atomic E-state index is -0.398. The first-order valence-electron chi connectivity index (χ1n) is 8.30. The molecule has 0 bridgehead atoms. The summed E-state index contributed by atoms with van der Waals surface area (Å²) < 4.78 is 7.21. The summed E-state index contributed by atoms with van der Waals surface area (Å²) in [4.78, 5) is 20.3. The van der Waals surface area contributed by atoms with Gasteiger partial charge in [-0.2, -0.15) is 0 Å². The van der Waals surface area contributed by atoms with Crippen LogP contribution in [0.5, 0.6) is 11.5 Å². The van der Waals surface area contributed by atoms with Crippen LogP contribution in [0.1, 0.15) is 0 Å². The van der Waals surface area contributed by atoms with Crippen molar-refractivity contribution in [3.63, 3.8) is 0 Å². The number of carbonyl (C=O) groups is 1. The number of carbonyl (C=O) groups excluding carboxylic acids is 1. The van der Waals surface area contributed by atoms with Crippen LogP contribution in [0.15, 0.2) is 40.9 Å². The van der Waals surface area contributed by atoms with Crippen LogP contribution in [0.3, 0.4) is 0 Å². The number of hydrogen-bond donors (Lipinski definition) is 1. The summed E-state index contributed by atoms with van der Waals surface area (Å²) in [5.41, 5.74) is 1.45. The van der Waals surface area contributed by atoms with E-state index >= 15 is 0 Å². The molecule has 1 N–H and O–H groups in total. The Morgan fingerprint density at radius 2 is 1.96 bits per heavy atom. The summed E-state index contributed by atoms with van der Waals surface area (Å²) >= 11 is 4.85. The van der Waals surface area contributed by atoms with Crippen molar-refractivity contribution in [2.45, 2.75) is 0 Å². The maximum Gasteiger partial charge on any atom is 0.415 e. The number of likely N-dealkylation sites (N-methyl/N-ethyl adjacent to an activating group) is 2. The third-order valence-electron chi connectivity index (χ3n) is 3.95. The number of nitrogens with zero attached hydrogens (tertiary/aromatic N) is 3. The Morgan fingerprint density at radius 1 is 1.19 bits per heavy atom. The van der Waals surface area contributed by atoms with E-state index in [2.05, 4.69) is 20.9 Å². The van der Waals surface area contributed by atoms with Crippen LogP contribution in [-0.4, -0.2) is 60.2 Å². The maximum atomic E-state index is 12.2. The SMILES string of the molecule is CN(C)CCN(C)C(=O)Oc1ccc2nc(-c3cc(Br)ccc3O)sc2c1. The number of ether oxygens (including phenoxy) is 1. The molecule has 1 aromatic heterocycles. The van der Waals surface area contributed by atoms with Crippen LogP contribution >= 0.6 is 27.3 Å². The first-order valence-corrected chi connectivity index (χ1v) is 9.91. The lowest BCUT2D eigenvalue weighted by Gasteiger charge is -2.19. The molecule has 0 saturated heterocycles. The molecule has 1 amide bonds. The van der Waals surface area contributed by atoms with E-state index in [9.17, 15) is 9.90 Å². The lowest BCUT2D eigenvalue weighted by atomic mass is 10.2. The highest BCUT2D eigenvalue weighted by molar-refractivity contribution is 9.10. The van der Waals surface area contributed by atoms with Gasteiger partial charge in [-0.3, -0.25) is 0 Å². The van der Waals surface area contributed by atoms with Crippen molar-refractivity contribution in [3.05, 3.63) is 40.9 Å². The van der Waals surface area contributed by atoms with Gasteiger partial charge in [-0.1, -0.05) is 15.9 Å². The molecule has 0 aliphatic rings. The number of aromatic hydroxyl groups is 1. The van der Waals surface area contributed by atoms with E-state index in [-0.39, 0.29) is 5.75 Å². The van der Waals surface area contributed by atoms with E-state index in [1.807, 2.05) is 31.1 Å². The van der Waals surface area contributed by atoms with Crippen LogP contribution < -0.4 is 4.74 Å². The van der Waals surface area contributed by atoms with Crippen LogP contribution in [0.2, 0.25) is 0 Å². The fourth-order valence-electron chi connectivity index (χ4n) is 2.38. The van der Waals surface area contributed by atoms with Gasteiger partial charge in [-0.05, 0) is 44.4 Å². The second-order valence-corrected chi connectivity index (χ2v) is 8.35. The summed E-state index contributed by atoms with van der Waals surface area (Å²) in [7, 11) is 5.63.